The highest BCUT2D eigenvalue weighted by Gasteiger charge is 2.23. The van der Waals surface area contributed by atoms with E-state index in [0.717, 1.165) is 23.4 Å². The SMILES string of the molecule is CCn1ncc(Br)c1C(CC1CCCCCC1)NN. The molecule has 3 N–H and O–H groups in total. The van der Waals surface area contributed by atoms with Crippen LogP contribution in [0, 0.1) is 5.92 Å². The lowest BCUT2D eigenvalue weighted by Crippen LogP contribution is -2.31. The number of hydrogen-bond acceptors (Lipinski definition) is 3. The summed E-state index contributed by atoms with van der Waals surface area (Å²) in [6.07, 6.45) is 11.2. The number of hydrazine groups is 1. The molecule has 0 amide bonds. The second-order valence-electron chi connectivity index (χ2n) is 5.51. The van der Waals surface area contributed by atoms with Gasteiger partial charge >= 0.3 is 0 Å². The Bertz CT molecular complexity index is 383. The van der Waals surface area contributed by atoms with Crippen LogP contribution in [0.5, 0.6) is 0 Å². The maximum Gasteiger partial charge on any atom is 0.0709 e. The first-order valence-corrected chi connectivity index (χ1v) is 8.22. The van der Waals surface area contributed by atoms with Crippen LogP contribution >= 0.6 is 15.9 Å². The van der Waals surface area contributed by atoms with E-state index in [0.29, 0.717) is 0 Å². The van der Waals surface area contributed by atoms with Gasteiger partial charge in [0.1, 0.15) is 0 Å². The highest BCUT2D eigenvalue weighted by molar-refractivity contribution is 9.10. The molecule has 5 heteroatoms. The molecule has 108 valence electrons. The molecule has 1 aromatic heterocycles. The largest absolute Gasteiger partial charge is 0.271 e. The molecule has 4 nitrogen and oxygen atoms in total. The maximum atomic E-state index is 5.80. The number of rotatable bonds is 5. The number of aromatic nitrogens is 2. The van der Waals surface area contributed by atoms with Crippen molar-refractivity contribution in [3.63, 3.8) is 0 Å². The molecule has 1 aliphatic rings. The van der Waals surface area contributed by atoms with Gasteiger partial charge in [-0.1, -0.05) is 38.5 Å². The van der Waals surface area contributed by atoms with E-state index in [4.69, 9.17) is 5.84 Å². The van der Waals surface area contributed by atoms with Crippen LogP contribution < -0.4 is 11.3 Å². The molecule has 0 saturated heterocycles. The van der Waals surface area contributed by atoms with Gasteiger partial charge < -0.3 is 0 Å². The molecule has 0 spiro atoms. The van der Waals surface area contributed by atoms with Crippen molar-refractivity contribution in [1.29, 1.82) is 0 Å². The van der Waals surface area contributed by atoms with E-state index in [1.807, 2.05) is 10.9 Å². The first kappa shape index (κ1) is 15.0. The summed E-state index contributed by atoms with van der Waals surface area (Å²) in [6, 6.07) is 0.194. The Morgan fingerprint density at radius 3 is 2.68 bits per heavy atom. The van der Waals surface area contributed by atoms with Crippen molar-refractivity contribution >= 4 is 15.9 Å². The molecule has 0 bridgehead atoms. The van der Waals surface area contributed by atoms with Crippen LogP contribution in [-0.2, 0) is 6.54 Å². The number of aryl methyl sites for hydroxylation is 1. The Balaban J connectivity index is 2.08. The first-order valence-electron chi connectivity index (χ1n) is 7.43. The standard InChI is InChI=1S/C14H25BrN4/c1-2-19-14(12(15)10-17-19)13(18-16)9-11-7-5-3-4-6-8-11/h10-11,13,18H,2-9,16H2,1H3. The van der Waals surface area contributed by atoms with Crippen molar-refractivity contribution < 1.29 is 0 Å². The lowest BCUT2D eigenvalue weighted by molar-refractivity contribution is 0.345. The van der Waals surface area contributed by atoms with Crippen LogP contribution in [0.4, 0.5) is 0 Å². The molecular weight excluding hydrogens is 304 g/mol. The summed E-state index contributed by atoms with van der Waals surface area (Å²) in [4.78, 5) is 0. The molecule has 1 unspecified atom stereocenters. The van der Waals surface area contributed by atoms with Gasteiger partial charge in [-0.2, -0.15) is 5.10 Å². The summed E-state index contributed by atoms with van der Waals surface area (Å²) in [5.74, 6) is 6.59. The van der Waals surface area contributed by atoms with Gasteiger partial charge in [-0.25, -0.2) is 0 Å². The molecule has 2 rings (SSSR count). The summed E-state index contributed by atoms with van der Waals surface area (Å²) in [5.41, 5.74) is 4.19. The first-order chi connectivity index (χ1) is 9.26. The monoisotopic (exact) mass is 328 g/mol. The molecule has 1 saturated carbocycles. The molecule has 1 aromatic rings. The molecule has 1 fully saturated rings. The fourth-order valence-corrected chi connectivity index (χ4v) is 3.73. The summed E-state index contributed by atoms with van der Waals surface area (Å²) in [5, 5.41) is 4.39. The van der Waals surface area contributed by atoms with Crippen molar-refractivity contribution in [2.45, 2.75) is 64.5 Å². The Morgan fingerprint density at radius 2 is 2.11 bits per heavy atom. The predicted octanol–water partition coefficient (Wildman–Crippen LogP) is 3.53. The fraction of sp³-hybridized carbons (Fsp3) is 0.786. The maximum absolute atomic E-state index is 5.80. The minimum absolute atomic E-state index is 0.194. The molecule has 1 aliphatic carbocycles. The topological polar surface area (TPSA) is 55.9 Å². The van der Waals surface area contributed by atoms with Crippen LogP contribution in [0.3, 0.4) is 0 Å². The average Bonchev–Trinajstić information content (AvgIpc) is 2.64. The van der Waals surface area contributed by atoms with E-state index in [2.05, 4.69) is 33.4 Å². The van der Waals surface area contributed by atoms with E-state index < -0.39 is 0 Å². The normalized spacial score (nSPS) is 19.3. The van der Waals surface area contributed by atoms with Crippen LogP contribution in [0.15, 0.2) is 10.7 Å². The van der Waals surface area contributed by atoms with E-state index in [-0.39, 0.29) is 6.04 Å². The fourth-order valence-electron chi connectivity index (χ4n) is 3.16. The number of nitrogens with one attached hydrogen (secondary N) is 1. The molecule has 0 aromatic carbocycles. The lowest BCUT2D eigenvalue weighted by atomic mass is 9.91. The van der Waals surface area contributed by atoms with Gasteiger partial charge in [0.2, 0.25) is 0 Å². The summed E-state index contributed by atoms with van der Waals surface area (Å²) >= 11 is 3.60. The summed E-state index contributed by atoms with van der Waals surface area (Å²) in [7, 11) is 0. The molecule has 0 radical (unpaired) electrons. The Kier molecular flexibility index (Phi) is 5.85. The Morgan fingerprint density at radius 1 is 1.42 bits per heavy atom. The van der Waals surface area contributed by atoms with E-state index in [1.54, 1.807) is 0 Å². The van der Waals surface area contributed by atoms with Gasteiger partial charge in [-0.15, -0.1) is 0 Å². The van der Waals surface area contributed by atoms with Gasteiger partial charge in [-0.3, -0.25) is 16.0 Å². The highest BCUT2D eigenvalue weighted by atomic mass is 79.9. The van der Waals surface area contributed by atoms with Gasteiger partial charge in [0, 0.05) is 6.54 Å². The number of hydrogen-bond donors (Lipinski definition) is 2. The third-order valence-corrected chi connectivity index (χ3v) is 4.82. The average molecular weight is 329 g/mol. The second kappa shape index (κ2) is 7.41. The van der Waals surface area contributed by atoms with Crippen LogP contribution in [-0.4, -0.2) is 9.78 Å². The quantitative estimate of drug-likeness (QED) is 0.494. The zero-order valence-electron chi connectivity index (χ0n) is 11.7. The van der Waals surface area contributed by atoms with E-state index in [1.165, 1.54) is 44.2 Å². The number of nitrogens with two attached hydrogens (primary N) is 1. The Hall–Kier alpha value is -0.390. The predicted molar refractivity (Wildman–Crippen MR) is 81.5 cm³/mol. The zero-order valence-corrected chi connectivity index (χ0v) is 13.3. The summed E-state index contributed by atoms with van der Waals surface area (Å²) < 4.78 is 3.09. The van der Waals surface area contributed by atoms with Gasteiger partial charge in [0.15, 0.2) is 0 Å². The minimum Gasteiger partial charge on any atom is -0.271 e. The van der Waals surface area contributed by atoms with Crippen molar-refractivity contribution in [2.75, 3.05) is 0 Å². The Labute approximate surface area is 124 Å². The second-order valence-corrected chi connectivity index (χ2v) is 6.36. The highest BCUT2D eigenvalue weighted by Crippen LogP contribution is 2.33. The number of halogens is 1. The molecular formula is C14H25BrN4. The minimum atomic E-state index is 0.194. The molecule has 0 aliphatic heterocycles. The van der Waals surface area contributed by atoms with Crippen molar-refractivity contribution in [3.8, 4) is 0 Å². The van der Waals surface area contributed by atoms with E-state index in [9.17, 15) is 0 Å². The smallest absolute Gasteiger partial charge is 0.0709 e. The zero-order chi connectivity index (χ0) is 13.7. The molecule has 1 heterocycles. The number of nitrogens with zero attached hydrogens (tertiary/aromatic N) is 2. The van der Waals surface area contributed by atoms with Crippen molar-refractivity contribution in [3.05, 3.63) is 16.4 Å². The van der Waals surface area contributed by atoms with Gasteiger partial charge in [0.05, 0.1) is 22.4 Å². The van der Waals surface area contributed by atoms with Gasteiger partial charge in [0.25, 0.3) is 0 Å². The van der Waals surface area contributed by atoms with Crippen LogP contribution in [0.25, 0.3) is 0 Å². The van der Waals surface area contributed by atoms with Crippen LogP contribution in [0.2, 0.25) is 0 Å². The lowest BCUT2D eigenvalue weighted by Gasteiger charge is -2.23. The molecule has 1 atom stereocenters. The van der Waals surface area contributed by atoms with Crippen molar-refractivity contribution in [1.82, 2.24) is 15.2 Å². The third-order valence-electron chi connectivity index (χ3n) is 4.21. The van der Waals surface area contributed by atoms with Gasteiger partial charge in [-0.05, 0) is 35.2 Å². The molecule has 19 heavy (non-hydrogen) atoms. The van der Waals surface area contributed by atoms with E-state index >= 15 is 0 Å². The van der Waals surface area contributed by atoms with Crippen molar-refractivity contribution in [2.24, 2.45) is 11.8 Å². The third kappa shape index (κ3) is 3.80. The summed E-state index contributed by atoms with van der Waals surface area (Å²) in [6.45, 7) is 2.99. The van der Waals surface area contributed by atoms with Crippen LogP contribution in [0.1, 0.15) is 63.6 Å².